The highest BCUT2D eigenvalue weighted by Crippen LogP contribution is 2.21. The number of nitrogens with zero attached hydrogens (tertiary/aromatic N) is 3. The topological polar surface area (TPSA) is 139 Å². The van der Waals surface area contributed by atoms with Gasteiger partial charge in [-0.3, -0.25) is 14.4 Å². The van der Waals surface area contributed by atoms with Crippen LogP contribution in [-0.4, -0.2) is 35.7 Å². The molecule has 0 aromatic rings. The summed E-state index contributed by atoms with van der Waals surface area (Å²) in [7, 11) is 0. The Balaban J connectivity index is 5.40. The van der Waals surface area contributed by atoms with Crippen LogP contribution < -0.4 is 0 Å². The van der Waals surface area contributed by atoms with Crippen LogP contribution in [0.15, 0.2) is 15.8 Å². The molecule has 0 fully saturated rings. The number of aliphatic carboxylic acids is 1. The van der Waals surface area contributed by atoms with Crippen molar-refractivity contribution in [1.82, 2.24) is 0 Å². The summed E-state index contributed by atoms with van der Waals surface area (Å²) in [6.07, 6.45) is -1.39. The molecule has 0 saturated carbocycles. The molecule has 0 spiro atoms. The normalized spacial score (nSPS) is 13.7. The molecule has 9 nitrogen and oxygen atoms in total. The van der Waals surface area contributed by atoms with Gasteiger partial charge in [-0.05, 0) is 10.5 Å². The van der Waals surface area contributed by atoms with Crippen molar-refractivity contribution in [3.05, 3.63) is 21.1 Å². The molecule has 10 heteroatoms. The molecule has 0 aliphatic rings. The van der Waals surface area contributed by atoms with Crippen molar-refractivity contribution >= 4 is 33.8 Å². The molecule has 0 aromatic carbocycles. The Kier molecular flexibility index (Phi) is 8.02. The Hall–Kier alpha value is -2.06. The van der Waals surface area contributed by atoms with E-state index in [4.69, 9.17) is 15.4 Å². The molecular weight excluding hydrogens is 338 g/mol. The zero-order chi connectivity index (χ0) is 15.7. The van der Waals surface area contributed by atoms with E-state index in [9.17, 15) is 14.4 Å². The number of ether oxygens (including phenoxy) is 2. The molecule has 0 aromatic heterocycles. The van der Waals surface area contributed by atoms with Crippen LogP contribution in [0.5, 0.6) is 0 Å². The number of azide groups is 1. The van der Waals surface area contributed by atoms with E-state index in [2.05, 4.69) is 30.7 Å². The fourth-order valence-electron chi connectivity index (χ4n) is 1.22. The third kappa shape index (κ3) is 6.21. The van der Waals surface area contributed by atoms with E-state index in [0.29, 0.717) is 0 Å². The molecular formula is C10H12BrN3O6. The maximum Gasteiger partial charge on any atom is 0.314 e. The van der Waals surface area contributed by atoms with Crippen LogP contribution in [0.4, 0.5) is 0 Å². The Bertz CT molecular complexity index is 472. The second-order valence-corrected chi connectivity index (χ2v) is 3.96. The minimum atomic E-state index is -1.41. The van der Waals surface area contributed by atoms with Gasteiger partial charge < -0.3 is 14.6 Å². The lowest BCUT2D eigenvalue weighted by Gasteiger charge is -2.23. The SMILES string of the molecule is CC(=O)OC[C@@H](C(=O)O)[C@@H](OC(C)=O)/C(=C/Br)N=[N+]=[N-]. The number of carbonyl (C=O) groups excluding carboxylic acids is 2. The molecule has 1 N–H and O–H groups in total. The minimum absolute atomic E-state index is 0.165. The van der Waals surface area contributed by atoms with Crippen LogP contribution in [0.1, 0.15) is 13.8 Å². The van der Waals surface area contributed by atoms with Crippen molar-refractivity contribution in [3.63, 3.8) is 0 Å². The first-order valence-corrected chi connectivity index (χ1v) is 6.13. The number of hydrogen-bond donors (Lipinski definition) is 1. The lowest BCUT2D eigenvalue weighted by atomic mass is 10.0. The lowest BCUT2D eigenvalue weighted by molar-refractivity contribution is -0.159. The van der Waals surface area contributed by atoms with Crippen molar-refractivity contribution < 1.29 is 29.0 Å². The first-order valence-electron chi connectivity index (χ1n) is 5.22. The molecule has 0 unspecified atom stereocenters. The summed E-state index contributed by atoms with van der Waals surface area (Å²) in [6, 6.07) is 0. The third-order valence-corrected chi connectivity index (χ3v) is 2.47. The molecule has 110 valence electrons. The zero-order valence-electron chi connectivity index (χ0n) is 10.6. The second kappa shape index (κ2) is 8.94. The number of carbonyl (C=O) groups is 3. The van der Waals surface area contributed by atoms with Gasteiger partial charge in [0.1, 0.15) is 18.6 Å². The van der Waals surface area contributed by atoms with Gasteiger partial charge in [0.15, 0.2) is 0 Å². The Morgan fingerprint density at radius 3 is 2.35 bits per heavy atom. The molecule has 0 rings (SSSR count). The Labute approximate surface area is 122 Å². The van der Waals surface area contributed by atoms with E-state index in [-0.39, 0.29) is 5.70 Å². The predicted octanol–water partition coefficient (Wildman–Crippen LogP) is 1.73. The van der Waals surface area contributed by atoms with Gasteiger partial charge in [0.25, 0.3) is 0 Å². The average molecular weight is 350 g/mol. The van der Waals surface area contributed by atoms with Crippen molar-refractivity contribution in [2.24, 2.45) is 11.0 Å². The van der Waals surface area contributed by atoms with Gasteiger partial charge in [-0.1, -0.05) is 21.0 Å². The standard InChI is InChI=1S/C10H12BrN3O6/c1-5(15)19-4-7(10(17)18)9(20-6(2)16)8(3-11)13-14-12/h3,7,9H,4H2,1-2H3,(H,17,18)/b8-3-/t7-,9-/m1/s1. The number of halogens is 1. The van der Waals surface area contributed by atoms with Crippen LogP contribution in [0.2, 0.25) is 0 Å². The molecule has 0 aliphatic carbocycles. The molecule has 0 amide bonds. The molecule has 0 aliphatic heterocycles. The summed E-state index contributed by atoms with van der Waals surface area (Å²) < 4.78 is 9.45. The van der Waals surface area contributed by atoms with Crippen LogP contribution in [0, 0.1) is 5.92 Å². The number of esters is 2. The van der Waals surface area contributed by atoms with E-state index in [1.807, 2.05) is 0 Å². The van der Waals surface area contributed by atoms with Crippen LogP contribution in [-0.2, 0) is 23.9 Å². The fraction of sp³-hybridized carbons (Fsp3) is 0.500. The zero-order valence-corrected chi connectivity index (χ0v) is 12.2. The van der Waals surface area contributed by atoms with Crippen molar-refractivity contribution in [2.45, 2.75) is 20.0 Å². The maximum atomic E-state index is 11.2. The van der Waals surface area contributed by atoms with Gasteiger partial charge in [-0.15, -0.1) is 0 Å². The smallest absolute Gasteiger partial charge is 0.314 e. The average Bonchev–Trinajstić information content (AvgIpc) is 2.33. The van der Waals surface area contributed by atoms with Crippen molar-refractivity contribution in [3.8, 4) is 0 Å². The summed E-state index contributed by atoms with van der Waals surface area (Å²) in [6.45, 7) is 1.64. The van der Waals surface area contributed by atoms with E-state index < -0.39 is 36.5 Å². The van der Waals surface area contributed by atoms with E-state index in [0.717, 1.165) is 18.8 Å². The Morgan fingerprint density at radius 1 is 1.40 bits per heavy atom. The molecule has 20 heavy (non-hydrogen) atoms. The largest absolute Gasteiger partial charge is 0.481 e. The summed E-state index contributed by atoms with van der Waals surface area (Å²) in [5.74, 6) is -4.25. The maximum absolute atomic E-state index is 11.2. The van der Waals surface area contributed by atoms with Crippen LogP contribution in [0.3, 0.4) is 0 Å². The molecule has 2 atom stereocenters. The number of carboxylic acids is 1. The lowest BCUT2D eigenvalue weighted by Crippen LogP contribution is -2.36. The van der Waals surface area contributed by atoms with Gasteiger partial charge >= 0.3 is 17.9 Å². The Morgan fingerprint density at radius 2 is 2.00 bits per heavy atom. The van der Waals surface area contributed by atoms with Gasteiger partial charge in [0.05, 0.1) is 5.70 Å². The third-order valence-electron chi connectivity index (χ3n) is 2.01. The molecule has 0 radical (unpaired) electrons. The van der Waals surface area contributed by atoms with E-state index in [1.165, 1.54) is 0 Å². The predicted molar refractivity (Wildman–Crippen MR) is 69.5 cm³/mol. The van der Waals surface area contributed by atoms with Crippen LogP contribution >= 0.6 is 15.9 Å². The van der Waals surface area contributed by atoms with Gasteiger partial charge in [0, 0.05) is 18.8 Å². The second-order valence-electron chi connectivity index (χ2n) is 3.50. The summed E-state index contributed by atoms with van der Waals surface area (Å²) in [4.78, 5) is 36.6. The molecule has 0 heterocycles. The number of rotatable bonds is 7. The van der Waals surface area contributed by atoms with E-state index >= 15 is 0 Å². The highest BCUT2D eigenvalue weighted by atomic mass is 79.9. The quantitative estimate of drug-likeness (QED) is 0.321. The number of carboxylic acid groups (broad SMARTS) is 1. The van der Waals surface area contributed by atoms with Gasteiger partial charge in [-0.25, -0.2) is 0 Å². The minimum Gasteiger partial charge on any atom is -0.481 e. The summed E-state index contributed by atoms with van der Waals surface area (Å²) in [5.41, 5.74) is 8.25. The summed E-state index contributed by atoms with van der Waals surface area (Å²) >= 11 is 2.89. The highest BCUT2D eigenvalue weighted by molar-refractivity contribution is 9.11. The van der Waals surface area contributed by atoms with Gasteiger partial charge in [-0.2, -0.15) is 0 Å². The van der Waals surface area contributed by atoms with E-state index in [1.54, 1.807) is 0 Å². The fourth-order valence-corrected chi connectivity index (χ4v) is 1.57. The monoisotopic (exact) mass is 349 g/mol. The summed E-state index contributed by atoms with van der Waals surface area (Å²) in [5, 5.41) is 12.4. The molecule has 0 saturated heterocycles. The first kappa shape index (κ1) is 17.9. The first-order chi connectivity index (χ1) is 9.33. The number of hydrogen-bond acceptors (Lipinski definition) is 6. The van der Waals surface area contributed by atoms with Crippen molar-refractivity contribution in [1.29, 1.82) is 0 Å². The highest BCUT2D eigenvalue weighted by Gasteiger charge is 2.34. The van der Waals surface area contributed by atoms with Gasteiger partial charge in [0.2, 0.25) is 0 Å². The van der Waals surface area contributed by atoms with Crippen LogP contribution in [0.25, 0.3) is 10.4 Å². The van der Waals surface area contributed by atoms with Crippen molar-refractivity contribution in [2.75, 3.05) is 6.61 Å². The molecule has 0 bridgehead atoms.